The summed E-state index contributed by atoms with van der Waals surface area (Å²) in [5, 5.41) is 8.90. The molecule has 1 aromatic heterocycles. The molecule has 0 bridgehead atoms. The first kappa shape index (κ1) is 15.0. The lowest BCUT2D eigenvalue weighted by atomic mass is 10.2. The molecule has 2 rings (SSSR count). The number of nitrogens with one attached hydrogen (secondary N) is 1. The Labute approximate surface area is 118 Å². The number of halogens is 2. The van der Waals surface area contributed by atoms with E-state index in [0.29, 0.717) is 4.88 Å². The van der Waals surface area contributed by atoms with Gasteiger partial charge in [-0.25, -0.2) is 21.9 Å². The second-order valence-electron chi connectivity index (χ2n) is 3.94. The van der Waals surface area contributed by atoms with Crippen molar-refractivity contribution in [2.24, 2.45) is 0 Å². The van der Waals surface area contributed by atoms with Gasteiger partial charge >= 0.3 is 0 Å². The van der Waals surface area contributed by atoms with Crippen LogP contribution in [0.2, 0.25) is 0 Å². The minimum Gasteiger partial charge on any atom is -0.391 e. The van der Waals surface area contributed by atoms with E-state index in [0.717, 1.165) is 29.5 Å². The van der Waals surface area contributed by atoms with E-state index >= 15 is 0 Å². The number of hydrogen-bond donors (Lipinski definition) is 2. The molecule has 4 nitrogen and oxygen atoms in total. The first-order valence-corrected chi connectivity index (χ1v) is 7.85. The highest BCUT2D eigenvalue weighted by Crippen LogP contribution is 2.21. The number of benzene rings is 1. The van der Waals surface area contributed by atoms with Crippen molar-refractivity contribution >= 4 is 21.4 Å². The molecular formula is C12H11F2NO3S2. The van der Waals surface area contributed by atoms with E-state index in [1.807, 2.05) is 0 Å². The fourth-order valence-corrected chi connectivity index (χ4v) is 3.78. The van der Waals surface area contributed by atoms with Gasteiger partial charge in [0.1, 0.15) is 15.8 Å². The van der Waals surface area contributed by atoms with Crippen LogP contribution in [0.1, 0.15) is 10.4 Å². The molecule has 0 unspecified atom stereocenters. The highest BCUT2D eigenvalue weighted by molar-refractivity contribution is 7.91. The van der Waals surface area contributed by atoms with Crippen molar-refractivity contribution in [2.45, 2.75) is 17.4 Å². The zero-order valence-corrected chi connectivity index (χ0v) is 11.8. The maximum absolute atomic E-state index is 13.4. The molecule has 8 heteroatoms. The molecule has 2 aromatic rings. The third kappa shape index (κ3) is 3.40. The van der Waals surface area contributed by atoms with E-state index in [9.17, 15) is 17.2 Å². The minimum absolute atomic E-state index is 0.0124. The smallest absolute Gasteiger partial charge is 0.250 e. The minimum atomic E-state index is -3.81. The van der Waals surface area contributed by atoms with Gasteiger partial charge in [-0.05, 0) is 30.3 Å². The van der Waals surface area contributed by atoms with Crippen molar-refractivity contribution in [3.8, 4) is 0 Å². The molecule has 0 radical (unpaired) electrons. The van der Waals surface area contributed by atoms with Gasteiger partial charge in [-0.2, -0.15) is 0 Å². The lowest BCUT2D eigenvalue weighted by molar-refractivity contribution is 0.285. The summed E-state index contributed by atoms with van der Waals surface area (Å²) in [6.45, 7) is -0.600. The average Bonchev–Trinajstić information content (AvgIpc) is 2.89. The summed E-state index contributed by atoms with van der Waals surface area (Å²) in [6, 6.07) is 5.67. The van der Waals surface area contributed by atoms with Crippen LogP contribution in [0, 0.1) is 11.6 Å². The van der Waals surface area contributed by atoms with Crippen molar-refractivity contribution in [1.82, 2.24) is 4.72 Å². The van der Waals surface area contributed by atoms with E-state index in [2.05, 4.69) is 4.72 Å². The lowest BCUT2D eigenvalue weighted by Gasteiger charge is -2.06. The lowest BCUT2D eigenvalue weighted by Crippen LogP contribution is -2.23. The van der Waals surface area contributed by atoms with Gasteiger partial charge in [-0.15, -0.1) is 11.3 Å². The first-order chi connectivity index (χ1) is 9.42. The molecule has 2 N–H and O–H groups in total. The van der Waals surface area contributed by atoms with E-state index in [1.165, 1.54) is 12.1 Å². The van der Waals surface area contributed by atoms with Crippen molar-refractivity contribution in [3.63, 3.8) is 0 Å². The van der Waals surface area contributed by atoms with Crippen molar-refractivity contribution in [1.29, 1.82) is 0 Å². The number of hydrogen-bond acceptors (Lipinski definition) is 4. The molecule has 20 heavy (non-hydrogen) atoms. The van der Waals surface area contributed by atoms with Gasteiger partial charge in [0, 0.05) is 17.0 Å². The van der Waals surface area contributed by atoms with Gasteiger partial charge < -0.3 is 5.11 Å². The van der Waals surface area contributed by atoms with Crippen molar-refractivity contribution in [2.75, 3.05) is 0 Å². The molecule has 108 valence electrons. The standard InChI is InChI=1S/C12H11F2NO3S2/c13-9-1-3-11(14)8(5-9)6-15-20(17,18)12-4-2-10(7-16)19-12/h1-5,15-16H,6-7H2. The first-order valence-electron chi connectivity index (χ1n) is 5.55. The van der Waals surface area contributed by atoms with Crippen LogP contribution >= 0.6 is 11.3 Å². The predicted molar refractivity (Wildman–Crippen MR) is 70.6 cm³/mol. The zero-order valence-electron chi connectivity index (χ0n) is 10.1. The van der Waals surface area contributed by atoms with Crippen LogP contribution in [-0.4, -0.2) is 13.5 Å². The second-order valence-corrected chi connectivity index (χ2v) is 7.10. The van der Waals surface area contributed by atoms with Gasteiger partial charge in [0.25, 0.3) is 0 Å². The average molecular weight is 319 g/mol. The van der Waals surface area contributed by atoms with Crippen LogP contribution in [-0.2, 0) is 23.2 Å². The molecule has 0 atom stereocenters. The van der Waals surface area contributed by atoms with Gasteiger partial charge in [-0.3, -0.25) is 0 Å². The van der Waals surface area contributed by atoms with Crippen molar-refractivity contribution in [3.05, 3.63) is 52.4 Å². The molecule has 0 aliphatic carbocycles. The van der Waals surface area contributed by atoms with E-state index in [1.54, 1.807) is 0 Å². The Morgan fingerprint density at radius 1 is 1.20 bits per heavy atom. The fourth-order valence-electron chi connectivity index (χ4n) is 1.51. The summed E-state index contributed by atoms with van der Waals surface area (Å²) in [6.07, 6.45) is 0. The van der Waals surface area contributed by atoms with Crippen LogP contribution in [0.5, 0.6) is 0 Å². The van der Waals surface area contributed by atoms with E-state index in [-0.39, 0.29) is 22.9 Å². The van der Waals surface area contributed by atoms with E-state index in [4.69, 9.17) is 5.11 Å². The maximum atomic E-state index is 13.4. The number of sulfonamides is 1. The van der Waals surface area contributed by atoms with Crippen LogP contribution in [0.15, 0.2) is 34.5 Å². The molecule has 1 heterocycles. The SMILES string of the molecule is O=S(=O)(NCc1cc(F)ccc1F)c1ccc(CO)s1. The molecule has 0 fully saturated rings. The van der Waals surface area contributed by atoms with Crippen LogP contribution in [0.3, 0.4) is 0 Å². The Morgan fingerprint density at radius 2 is 1.95 bits per heavy atom. The van der Waals surface area contributed by atoms with E-state index < -0.39 is 21.7 Å². The molecule has 0 aliphatic heterocycles. The summed E-state index contributed by atoms with van der Waals surface area (Å²) < 4.78 is 52.4. The third-order valence-electron chi connectivity index (χ3n) is 2.52. The maximum Gasteiger partial charge on any atom is 0.250 e. The van der Waals surface area contributed by atoms with Crippen LogP contribution in [0.4, 0.5) is 8.78 Å². The largest absolute Gasteiger partial charge is 0.391 e. The van der Waals surface area contributed by atoms with Crippen molar-refractivity contribution < 1.29 is 22.3 Å². The monoisotopic (exact) mass is 319 g/mol. The Hall–Kier alpha value is -1.35. The highest BCUT2D eigenvalue weighted by atomic mass is 32.2. The molecule has 0 aliphatic rings. The Bertz CT molecular complexity index is 713. The van der Waals surface area contributed by atoms with Crippen LogP contribution < -0.4 is 4.72 Å². The molecule has 1 aromatic carbocycles. The summed E-state index contributed by atoms with van der Waals surface area (Å²) in [5.74, 6) is -1.32. The molecular weight excluding hydrogens is 308 g/mol. The van der Waals surface area contributed by atoms with Crippen LogP contribution in [0.25, 0.3) is 0 Å². The number of aliphatic hydroxyl groups is 1. The fraction of sp³-hybridized carbons (Fsp3) is 0.167. The summed E-state index contributed by atoms with van der Waals surface area (Å²) >= 11 is 0.914. The molecule has 0 spiro atoms. The number of thiophene rings is 1. The van der Waals surface area contributed by atoms with Gasteiger partial charge in [-0.1, -0.05) is 0 Å². The third-order valence-corrected chi connectivity index (χ3v) is 5.48. The number of aliphatic hydroxyl groups excluding tert-OH is 1. The van der Waals surface area contributed by atoms with Gasteiger partial charge in [0.05, 0.1) is 6.61 Å². The van der Waals surface area contributed by atoms with Gasteiger partial charge in [0.15, 0.2) is 0 Å². The molecule has 0 saturated heterocycles. The normalized spacial score (nSPS) is 11.8. The molecule has 0 amide bonds. The zero-order chi connectivity index (χ0) is 14.8. The highest BCUT2D eigenvalue weighted by Gasteiger charge is 2.17. The number of rotatable bonds is 5. The van der Waals surface area contributed by atoms with Gasteiger partial charge in [0.2, 0.25) is 10.0 Å². The Morgan fingerprint density at radius 3 is 2.60 bits per heavy atom. The Kier molecular flexibility index (Phi) is 4.48. The summed E-state index contributed by atoms with van der Waals surface area (Å²) in [5.41, 5.74) is -0.0764. The topological polar surface area (TPSA) is 66.4 Å². The molecule has 0 saturated carbocycles. The summed E-state index contributed by atoms with van der Waals surface area (Å²) in [4.78, 5) is 0.502. The summed E-state index contributed by atoms with van der Waals surface area (Å²) in [7, 11) is -3.81. The quantitative estimate of drug-likeness (QED) is 0.886. The Balaban J connectivity index is 2.15. The second kappa shape index (κ2) is 5.96. The predicted octanol–water partition coefficient (Wildman–Crippen LogP) is 2.00.